The predicted molar refractivity (Wildman–Crippen MR) is 279 cm³/mol. The van der Waals surface area contributed by atoms with Crippen molar-refractivity contribution in [3.8, 4) is 11.1 Å². The number of benzene rings is 6. The minimum absolute atomic E-state index is 0.00232. The van der Waals surface area contributed by atoms with Crippen LogP contribution in [0.3, 0.4) is 0 Å². The van der Waals surface area contributed by atoms with E-state index in [0.29, 0.717) is 0 Å². The van der Waals surface area contributed by atoms with E-state index in [1.54, 1.807) is 0 Å². The van der Waals surface area contributed by atoms with Crippen LogP contribution in [0.1, 0.15) is 162 Å². The highest BCUT2D eigenvalue weighted by molar-refractivity contribution is 7.00. The van der Waals surface area contributed by atoms with E-state index in [1.165, 1.54) is 126 Å². The minimum Gasteiger partial charge on any atom is -0.311 e. The van der Waals surface area contributed by atoms with Gasteiger partial charge in [0.15, 0.2) is 0 Å². The van der Waals surface area contributed by atoms with Gasteiger partial charge in [0.25, 0.3) is 6.71 Å². The van der Waals surface area contributed by atoms with Gasteiger partial charge in [-0.15, -0.1) is 0 Å². The third kappa shape index (κ3) is 6.64. The first-order chi connectivity index (χ1) is 29.9. The summed E-state index contributed by atoms with van der Waals surface area (Å²) < 4.78 is 0. The first kappa shape index (κ1) is 42.9. The Balaban J connectivity index is 1.37. The van der Waals surface area contributed by atoms with Crippen LogP contribution in [0.25, 0.3) is 11.1 Å². The van der Waals surface area contributed by atoms with Gasteiger partial charge in [-0.2, -0.15) is 0 Å². The lowest BCUT2D eigenvalue weighted by Crippen LogP contribution is -2.62. The zero-order valence-corrected chi connectivity index (χ0v) is 41.7. The largest absolute Gasteiger partial charge is 0.311 e. The molecular formula is C61H71BN2. The smallest absolute Gasteiger partial charge is 0.252 e. The molecule has 0 aromatic heterocycles. The van der Waals surface area contributed by atoms with Gasteiger partial charge in [-0.1, -0.05) is 164 Å². The molecule has 0 amide bonds. The van der Waals surface area contributed by atoms with Crippen LogP contribution < -0.4 is 26.2 Å². The van der Waals surface area contributed by atoms with Crippen molar-refractivity contribution in [3.05, 3.63) is 148 Å². The number of rotatable bonds is 3. The van der Waals surface area contributed by atoms with Gasteiger partial charge in [0, 0.05) is 34.1 Å². The van der Waals surface area contributed by atoms with Crippen LogP contribution in [0, 0.1) is 6.92 Å². The average Bonchev–Trinajstić information content (AvgIpc) is 3.23. The summed E-state index contributed by atoms with van der Waals surface area (Å²) in [4.78, 5) is 5.38. The molecular weight excluding hydrogens is 771 g/mol. The maximum absolute atomic E-state index is 2.72. The molecule has 0 bridgehead atoms. The molecule has 0 N–H and O–H groups in total. The molecule has 10 rings (SSSR count). The first-order valence-corrected chi connectivity index (χ1v) is 24.3. The molecule has 64 heavy (non-hydrogen) atoms. The molecule has 328 valence electrons. The van der Waals surface area contributed by atoms with Crippen LogP contribution in [0.5, 0.6) is 0 Å². The molecule has 0 unspecified atom stereocenters. The Morgan fingerprint density at radius 2 is 0.953 bits per heavy atom. The molecule has 2 nitrogen and oxygen atoms in total. The molecule has 0 saturated carbocycles. The Morgan fingerprint density at radius 1 is 0.422 bits per heavy atom. The standard InChI is InChI=1S/C61H71BN2/c1-38-21-23-41(56(2,3)4)32-51(38)64-50-26-22-40(39-19-17-16-18-20-39)31-48(50)62-49-36-46-47(61(14,15)30-29-60(46,12)13)37-52(49)63(53-33-42(57(5,6)7)34-54(64)55(53)62)43-24-25-44-45(35-43)59(10,11)28-27-58(44,8)9/h16-26,31-37H,27-30H2,1-15H3. The molecule has 6 aromatic carbocycles. The molecule has 2 heterocycles. The highest BCUT2D eigenvalue weighted by atomic mass is 15.2. The Hall–Kier alpha value is -5.02. The second kappa shape index (κ2) is 14.0. The van der Waals surface area contributed by atoms with Crippen LogP contribution in [0.15, 0.2) is 109 Å². The second-order valence-electron chi connectivity index (χ2n) is 24.9. The normalized spacial score (nSPS) is 18.7. The maximum atomic E-state index is 2.72. The fourth-order valence-corrected chi connectivity index (χ4v) is 11.9. The first-order valence-electron chi connectivity index (χ1n) is 24.3. The lowest BCUT2D eigenvalue weighted by atomic mass is 9.33. The van der Waals surface area contributed by atoms with Crippen LogP contribution in [-0.4, -0.2) is 6.71 Å². The Kier molecular flexibility index (Phi) is 9.38. The second-order valence-corrected chi connectivity index (χ2v) is 24.9. The van der Waals surface area contributed by atoms with Crippen molar-refractivity contribution < 1.29 is 0 Å². The van der Waals surface area contributed by atoms with E-state index in [9.17, 15) is 0 Å². The van der Waals surface area contributed by atoms with Crippen LogP contribution >= 0.6 is 0 Å². The van der Waals surface area contributed by atoms with E-state index in [2.05, 4.69) is 223 Å². The zero-order chi connectivity index (χ0) is 45.7. The van der Waals surface area contributed by atoms with Gasteiger partial charge in [-0.25, -0.2) is 0 Å². The van der Waals surface area contributed by atoms with Crippen LogP contribution in [-0.2, 0) is 32.5 Å². The zero-order valence-electron chi connectivity index (χ0n) is 41.7. The number of aryl methyl sites for hydroxylation is 1. The predicted octanol–water partition coefficient (Wildman–Crippen LogP) is 15.0. The van der Waals surface area contributed by atoms with Gasteiger partial charge >= 0.3 is 0 Å². The molecule has 2 aliphatic carbocycles. The van der Waals surface area contributed by atoms with Gasteiger partial charge in [0.1, 0.15) is 0 Å². The number of nitrogens with zero attached hydrogens (tertiary/aromatic N) is 2. The van der Waals surface area contributed by atoms with Crippen molar-refractivity contribution in [2.45, 2.75) is 162 Å². The summed E-state index contributed by atoms with van der Waals surface area (Å²) >= 11 is 0. The number of hydrogen-bond donors (Lipinski definition) is 0. The lowest BCUT2D eigenvalue weighted by molar-refractivity contribution is 0.332. The topological polar surface area (TPSA) is 6.48 Å². The maximum Gasteiger partial charge on any atom is 0.252 e. The monoisotopic (exact) mass is 843 g/mol. The van der Waals surface area contributed by atoms with E-state index >= 15 is 0 Å². The van der Waals surface area contributed by atoms with E-state index < -0.39 is 0 Å². The average molecular weight is 843 g/mol. The van der Waals surface area contributed by atoms with Gasteiger partial charge in [-0.05, 0) is 174 Å². The SMILES string of the molecule is Cc1ccc(C(C)(C)C)cc1N1c2ccc(-c3ccccc3)cc2B2c3cc4c(cc3N(c3ccc5c(c3)C(C)(C)CCC5(C)C)c3cc(C(C)(C)C)cc1c32)C(C)(C)CCC4(C)C. The molecule has 0 radical (unpaired) electrons. The van der Waals surface area contributed by atoms with Crippen LogP contribution in [0.2, 0.25) is 0 Å². The van der Waals surface area contributed by atoms with E-state index in [1.807, 2.05) is 0 Å². The molecule has 6 aromatic rings. The Labute approximate surface area is 386 Å². The van der Waals surface area contributed by atoms with E-state index in [-0.39, 0.29) is 39.2 Å². The summed E-state index contributed by atoms with van der Waals surface area (Å²) in [6.07, 6.45) is 4.74. The molecule has 0 saturated heterocycles. The summed E-state index contributed by atoms with van der Waals surface area (Å²) in [7, 11) is 0. The fourth-order valence-electron chi connectivity index (χ4n) is 11.9. The lowest BCUT2D eigenvalue weighted by Gasteiger charge is -2.48. The summed E-state index contributed by atoms with van der Waals surface area (Å²) in [6, 6.07) is 43.6. The van der Waals surface area contributed by atoms with Crippen LogP contribution in [0.4, 0.5) is 34.1 Å². The van der Waals surface area contributed by atoms with Crippen molar-refractivity contribution in [1.82, 2.24) is 0 Å². The van der Waals surface area contributed by atoms with Crippen molar-refractivity contribution >= 4 is 57.2 Å². The Bertz CT molecular complexity index is 2880. The molecule has 2 aliphatic heterocycles. The quantitative estimate of drug-likeness (QED) is 0.164. The highest BCUT2D eigenvalue weighted by Gasteiger charge is 2.48. The van der Waals surface area contributed by atoms with Crippen molar-refractivity contribution in [3.63, 3.8) is 0 Å². The summed E-state index contributed by atoms with van der Waals surface area (Å²) in [6.45, 7) is 36.4. The molecule has 4 aliphatic rings. The Morgan fingerprint density at radius 3 is 1.56 bits per heavy atom. The third-order valence-corrected chi connectivity index (χ3v) is 16.4. The van der Waals surface area contributed by atoms with Gasteiger partial charge in [-0.3, -0.25) is 0 Å². The number of fused-ring (bicyclic) bond motifs is 6. The van der Waals surface area contributed by atoms with E-state index in [0.717, 1.165) is 0 Å². The molecule has 0 fully saturated rings. The van der Waals surface area contributed by atoms with Crippen molar-refractivity contribution in [1.29, 1.82) is 0 Å². The molecule has 3 heteroatoms. The number of anilines is 6. The number of hydrogen-bond acceptors (Lipinski definition) is 2. The summed E-state index contributed by atoms with van der Waals surface area (Å²) in [5.74, 6) is 0. The van der Waals surface area contributed by atoms with Gasteiger partial charge < -0.3 is 9.80 Å². The third-order valence-electron chi connectivity index (χ3n) is 16.4. The molecule has 0 atom stereocenters. The van der Waals surface area contributed by atoms with Crippen molar-refractivity contribution in [2.75, 3.05) is 9.80 Å². The minimum atomic E-state index is -0.0951. The van der Waals surface area contributed by atoms with Gasteiger partial charge in [0.2, 0.25) is 0 Å². The van der Waals surface area contributed by atoms with E-state index in [4.69, 9.17) is 0 Å². The summed E-state index contributed by atoms with van der Waals surface area (Å²) in [5, 5.41) is 0. The van der Waals surface area contributed by atoms with Crippen molar-refractivity contribution in [2.24, 2.45) is 0 Å². The summed E-state index contributed by atoms with van der Waals surface area (Å²) in [5.41, 5.74) is 24.7. The molecule has 0 spiro atoms. The fraction of sp³-hybridized carbons (Fsp3) is 0.410. The van der Waals surface area contributed by atoms with Gasteiger partial charge in [0.05, 0.1) is 0 Å². The highest BCUT2D eigenvalue weighted by Crippen LogP contribution is 2.53.